The second kappa shape index (κ2) is 11.3. The molecule has 1 heteroatoms. The van der Waals surface area contributed by atoms with Crippen LogP contribution in [0.15, 0.2) is 164 Å². The van der Waals surface area contributed by atoms with Crippen molar-refractivity contribution in [3.8, 4) is 33.4 Å². The maximum absolute atomic E-state index is 2.47. The molecule has 0 unspecified atom stereocenters. The normalized spacial score (nSPS) is 13.5. The highest BCUT2D eigenvalue weighted by atomic mass is 32.1. The second-order valence-corrected chi connectivity index (χ2v) is 14.4. The van der Waals surface area contributed by atoms with Crippen molar-refractivity contribution in [2.24, 2.45) is 0 Å². The molecule has 8 aromatic rings. The number of hydrogen-bond donors (Lipinski definition) is 0. The lowest BCUT2D eigenvalue weighted by Crippen LogP contribution is -2.15. The van der Waals surface area contributed by atoms with E-state index >= 15 is 0 Å². The molecule has 7 aromatic carbocycles. The smallest absolute Gasteiger partial charge is 0.0361 e. The van der Waals surface area contributed by atoms with E-state index in [-0.39, 0.29) is 5.41 Å². The van der Waals surface area contributed by atoms with E-state index < -0.39 is 0 Å². The summed E-state index contributed by atoms with van der Waals surface area (Å²) in [5, 5.41) is 2.65. The van der Waals surface area contributed by atoms with Gasteiger partial charge in [0.1, 0.15) is 0 Å². The number of rotatable bonds is 5. The van der Waals surface area contributed by atoms with Gasteiger partial charge in [-0.05, 0) is 91.0 Å². The molecule has 0 aliphatic heterocycles. The van der Waals surface area contributed by atoms with Crippen molar-refractivity contribution in [3.05, 3.63) is 192 Å². The lowest BCUT2D eigenvalue weighted by molar-refractivity contribution is 0.660. The fourth-order valence-electron chi connectivity index (χ4n) is 7.70. The van der Waals surface area contributed by atoms with Crippen LogP contribution in [0.1, 0.15) is 41.7 Å². The van der Waals surface area contributed by atoms with Crippen LogP contribution in [-0.2, 0) is 5.41 Å². The van der Waals surface area contributed by atoms with Gasteiger partial charge in [0, 0.05) is 25.6 Å². The molecule has 1 aliphatic rings. The minimum absolute atomic E-state index is 0.128. The van der Waals surface area contributed by atoms with Gasteiger partial charge in [-0.25, -0.2) is 0 Å². The molecule has 0 fully saturated rings. The molecule has 0 nitrogen and oxygen atoms in total. The maximum Gasteiger partial charge on any atom is 0.0361 e. The monoisotopic (exact) mass is 630 g/mol. The largest absolute Gasteiger partial charge is 0.135 e. The third-order valence-corrected chi connectivity index (χ3v) is 11.3. The first-order valence-corrected chi connectivity index (χ1v) is 17.5. The van der Waals surface area contributed by atoms with Crippen LogP contribution in [0.2, 0.25) is 0 Å². The zero-order chi connectivity index (χ0) is 32.2. The first-order valence-electron chi connectivity index (χ1n) is 16.7. The van der Waals surface area contributed by atoms with Crippen molar-refractivity contribution < 1.29 is 0 Å². The van der Waals surface area contributed by atoms with Crippen LogP contribution in [0.4, 0.5) is 0 Å². The van der Waals surface area contributed by atoms with E-state index in [9.17, 15) is 0 Å². The Bertz CT molecular complexity index is 2490. The summed E-state index contributed by atoms with van der Waals surface area (Å²) >= 11 is 1.87. The lowest BCUT2D eigenvalue weighted by atomic mass is 9.80. The van der Waals surface area contributed by atoms with Crippen LogP contribution >= 0.6 is 11.3 Å². The highest BCUT2D eigenvalue weighted by molar-refractivity contribution is 7.25. The van der Waals surface area contributed by atoms with E-state index in [4.69, 9.17) is 0 Å². The number of fused-ring (bicyclic) bond motifs is 6. The van der Waals surface area contributed by atoms with E-state index in [0.717, 1.165) is 0 Å². The molecule has 0 spiro atoms. The molecular formula is C47H34S. The Kier molecular flexibility index (Phi) is 6.78. The Morgan fingerprint density at radius 3 is 1.94 bits per heavy atom. The number of hydrogen-bond acceptors (Lipinski definition) is 1. The Morgan fingerprint density at radius 2 is 1.15 bits per heavy atom. The van der Waals surface area contributed by atoms with E-state index in [0.29, 0.717) is 0 Å². The molecule has 0 N–H and O–H groups in total. The third kappa shape index (κ3) is 4.66. The predicted molar refractivity (Wildman–Crippen MR) is 208 cm³/mol. The number of benzene rings is 7. The first kappa shape index (κ1) is 28.7. The van der Waals surface area contributed by atoms with Crippen molar-refractivity contribution in [1.29, 1.82) is 0 Å². The Labute approximate surface area is 286 Å². The SMILES string of the molecule is CC1(C)c2cc(/C(=C\c3cccc4sc5ccccc5c34)c3ccc(-c4ccccc4)cc3)ccc2-c2c(-c3ccccc3)cccc21. The van der Waals surface area contributed by atoms with Crippen LogP contribution in [0.3, 0.4) is 0 Å². The summed E-state index contributed by atoms with van der Waals surface area (Å²) in [4.78, 5) is 0. The molecule has 228 valence electrons. The van der Waals surface area contributed by atoms with Gasteiger partial charge in [-0.2, -0.15) is 0 Å². The van der Waals surface area contributed by atoms with Gasteiger partial charge in [0.2, 0.25) is 0 Å². The molecule has 1 aliphatic carbocycles. The fourth-order valence-corrected chi connectivity index (χ4v) is 8.84. The van der Waals surface area contributed by atoms with Gasteiger partial charge >= 0.3 is 0 Å². The first-order chi connectivity index (χ1) is 23.6. The fraction of sp³-hybridized carbons (Fsp3) is 0.0638. The Balaban J connectivity index is 1.25. The van der Waals surface area contributed by atoms with Crippen molar-refractivity contribution in [3.63, 3.8) is 0 Å². The molecule has 0 radical (unpaired) electrons. The summed E-state index contributed by atoms with van der Waals surface area (Å²) in [5.41, 5.74) is 15.3. The zero-order valence-electron chi connectivity index (χ0n) is 27.1. The molecule has 1 aromatic heterocycles. The molecular weight excluding hydrogens is 597 g/mol. The van der Waals surface area contributed by atoms with Crippen molar-refractivity contribution in [1.82, 2.24) is 0 Å². The lowest BCUT2D eigenvalue weighted by Gasteiger charge is -2.22. The summed E-state index contributed by atoms with van der Waals surface area (Å²) in [6.45, 7) is 4.76. The summed E-state index contributed by atoms with van der Waals surface area (Å²) in [6, 6.07) is 60.1. The van der Waals surface area contributed by atoms with Crippen molar-refractivity contribution >= 4 is 43.2 Å². The molecule has 48 heavy (non-hydrogen) atoms. The Hall–Kier alpha value is -5.50. The molecule has 9 rings (SSSR count). The average Bonchev–Trinajstić information content (AvgIpc) is 3.64. The second-order valence-electron chi connectivity index (χ2n) is 13.3. The average molecular weight is 631 g/mol. The third-order valence-electron chi connectivity index (χ3n) is 10.1. The molecule has 0 saturated carbocycles. The van der Waals surface area contributed by atoms with E-state index in [2.05, 4.69) is 184 Å². The topological polar surface area (TPSA) is 0 Å². The van der Waals surface area contributed by atoms with Crippen molar-refractivity contribution in [2.45, 2.75) is 19.3 Å². The molecule has 0 bridgehead atoms. The predicted octanol–water partition coefficient (Wildman–Crippen LogP) is 13.3. The van der Waals surface area contributed by atoms with Gasteiger partial charge in [-0.15, -0.1) is 11.3 Å². The van der Waals surface area contributed by atoms with Gasteiger partial charge in [0.15, 0.2) is 0 Å². The van der Waals surface area contributed by atoms with Gasteiger partial charge in [-0.1, -0.05) is 159 Å². The minimum atomic E-state index is -0.128. The molecule has 1 heterocycles. The molecule has 0 amide bonds. The summed E-state index contributed by atoms with van der Waals surface area (Å²) in [6.07, 6.45) is 2.42. The highest BCUT2D eigenvalue weighted by Crippen LogP contribution is 2.53. The van der Waals surface area contributed by atoms with E-state index in [1.807, 2.05) is 11.3 Å². The summed E-state index contributed by atoms with van der Waals surface area (Å²) in [7, 11) is 0. The number of thiophene rings is 1. The summed E-state index contributed by atoms with van der Waals surface area (Å²) in [5.74, 6) is 0. The van der Waals surface area contributed by atoms with E-state index in [1.54, 1.807) is 0 Å². The van der Waals surface area contributed by atoms with Crippen LogP contribution in [0.5, 0.6) is 0 Å². The zero-order valence-corrected chi connectivity index (χ0v) is 27.9. The Morgan fingerprint density at radius 1 is 0.500 bits per heavy atom. The van der Waals surface area contributed by atoms with Crippen LogP contribution in [0, 0.1) is 0 Å². The van der Waals surface area contributed by atoms with Gasteiger partial charge in [0.05, 0.1) is 0 Å². The molecule has 0 saturated heterocycles. The standard InChI is InChI=1S/C47H34S/c1-47(2)41-20-12-19-37(33-15-7-4-8-16-33)46(41)38-28-27-35(30-42(38)47)40(34-25-23-32(24-26-34)31-13-5-3-6-14-31)29-36-17-11-22-44-45(36)39-18-9-10-21-43(39)48-44/h3-30H,1-2H3/b40-29-. The highest BCUT2D eigenvalue weighted by Gasteiger charge is 2.37. The van der Waals surface area contributed by atoms with Crippen LogP contribution in [-0.4, -0.2) is 0 Å². The van der Waals surface area contributed by atoms with E-state index in [1.165, 1.54) is 86.9 Å². The maximum atomic E-state index is 2.47. The van der Waals surface area contributed by atoms with Crippen molar-refractivity contribution in [2.75, 3.05) is 0 Å². The minimum Gasteiger partial charge on any atom is -0.135 e. The quantitative estimate of drug-likeness (QED) is 0.166. The van der Waals surface area contributed by atoms with Crippen LogP contribution < -0.4 is 0 Å². The van der Waals surface area contributed by atoms with Gasteiger partial charge < -0.3 is 0 Å². The summed E-state index contributed by atoms with van der Waals surface area (Å²) < 4.78 is 2.65. The van der Waals surface area contributed by atoms with Gasteiger partial charge in [0.25, 0.3) is 0 Å². The molecule has 0 atom stereocenters. The van der Waals surface area contributed by atoms with Gasteiger partial charge in [-0.3, -0.25) is 0 Å². The van der Waals surface area contributed by atoms with Crippen LogP contribution in [0.25, 0.3) is 65.2 Å².